The molecule has 1 N–H and O–H groups in total. The summed E-state index contributed by atoms with van der Waals surface area (Å²) < 4.78 is 21.8. The van der Waals surface area contributed by atoms with Crippen LogP contribution in [0.5, 0.6) is 0 Å². The molecule has 0 unspecified atom stereocenters. The van der Waals surface area contributed by atoms with Crippen molar-refractivity contribution in [2.75, 3.05) is 45.2 Å². The van der Waals surface area contributed by atoms with E-state index < -0.39 is 9.84 Å². The van der Waals surface area contributed by atoms with Crippen molar-refractivity contribution in [1.82, 2.24) is 10.2 Å². The topological polar surface area (TPSA) is 49.4 Å². The largest absolute Gasteiger partial charge is 0.317 e. The summed E-state index contributed by atoms with van der Waals surface area (Å²) in [5.41, 5.74) is 0. The maximum atomic E-state index is 10.9. The van der Waals surface area contributed by atoms with E-state index in [4.69, 9.17) is 0 Å². The van der Waals surface area contributed by atoms with Crippen LogP contribution in [0.25, 0.3) is 0 Å². The lowest BCUT2D eigenvalue weighted by atomic mass is 9.94. The second kappa shape index (κ2) is 7.34. The molecule has 0 amide bonds. The summed E-state index contributed by atoms with van der Waals surface area (Å²) in [7, 11) is -0.603. The molecule has 1 rings (SSSR count). The van der Waals surface area contributed by atoms with E-state index in [0.29, 0.717) is 5.75 Å². The number of hydrogen-bond acceptors (Lipinski definition) is 4. The van der Waals surface area contributed by atoms with Crippen LogP contribution < -0.4 is 5.32 Å². The summed E-state index contributed by atoms with van der Waals surface area (Å²) in [6.45, 7) is 4.29. The molecule has 1 saturated heterocycles. The van der Waals surface area contributed by atoms with Crippen molar-refractivity contribution < 1.29 is 8.42 Å². The zero-order valence-electron chi connectivity index (χ0n) is 11.1. The maximum absolute atomic E-state index is 10.9. The van der Waals surface area contributed by atoms with E-state index in [1.165, 1.54) is 38.6 Å². The predicted molar refractivity (Wildman–Crippen MR) is 72.0 cm³/mol. The summed E-state index contributed by atoms with van der Waals surface area (Å²) in [6, 6.07) is 0. The molecule has 0 saturated carbocycles. The fraction of sp³-hybridized carbons (Fsp3) is 1.00. The van der Waals surface area contributed by atoms with Crippen molar-refractivity contribution >= 4 is 9.84 Å². The highest BCUT2D eigenvalue weighted by Crippen LogP contribution is 2.18. The maximum Gasteiger partial charge on any atom is 0.147 e. The first kappa shape index (κ1) is 14.9. The highest BCUT2D eigenvalue weighted by atomic mass is 32.2. The fourth-order valence-electron chi connectivity index (χ4n) is 2.24. The molecule has 0 radical (unpaired) electrons. The first-order valence-electron chi connectivity index (χ1n) is 6.54. The molecular formula is C12H26N2O2S. The van der Waals surface area contributed by atoms with Gasteiger partial charge in [0.15, 0.2) is 0 Å². The zero-order chi connectivity index (χ0) is 12.7. The number of sulfone groups is 1. The van der Waals surface area contributed by atoms with Gasteiger partial charge in [0.25, 0.3) is 0 Å². The first-order chi connectivity index (χ1) is 7.97. The van der Waals surface area contributed by atoms with Crippen LogP contribution >= 0.6 is 0 Å². The van der Waals surface area contributed by atoms with E-state index in [1.54, 1.807) is 0 Å². The second-order valence-corrected chi connectivity index (χ2v) is 7.53. The summed E-state index contributed by atoms with van der Waals surface area (Å²) in [5.74, 6) is 1.16. The Kier molecular flexibility index (Phi) is 6.44. The SMILES string of the molecule is CN1CCC(CCNCCCS(C)(=O)=O)CC1. The van der Waals surface area contributed by atoms with E-state index >= 15 is 0 Å². The first-order valence-corrected chi connectivity index (χ1v) is 8.60. The van der Waals surface area contributed by atoms with Crippen molar-refractivity contribution in [3.8, 4) is 0 Å². The van der Waals surface area contributed by atoms with Crippen LogP contribution in [0.1, 0.15) is 25.7 Å². The van der Waals surface area contributed by atoms with Gasteiger partial charge in [0.05, 0.1) is 5.75 Å². The second-order valence-electron chi connectivity index (χ2n) is 5.27. The normalized spacial score (nSPS) is 19.6. The monoisotopic (exact) mass is 262 g/mol. The molecule has 0 atom stereocenters. The van der Waals surface area contributed by atoms with Gasteiger partial charge in [0.1, 0.15) is 9.84 Å². The average Bonchev–Trinajstić information content (AvgIpc) is 2.24. The average molecular weight is 262 g/mol. The van der Waals surface area contributed by atoms with Gasteiger partial charge in [-0.3, -0.25) is 0 Å². The molecule has 0 bridgehead atoms. The van der Waals surface area contributed by atoms with Crippen molar-refractivity contribution in [2.45, 2.75) is 25.7 Å². The minimum absolute atomic E-state index is 0.300. The van der Waals surface area contributed by atoms with Crippen LogP contribution in [0.4, 0.5) is 0 Å². The fourth-order valence-corrected chi connectivity index (χ4v) is 2.91. The minimum Gasteiger partial charge on any atom is -0.317 e. The highest BCUT2D eigenvalue weighted by molar-refractivity contribution is 7.90. The molecule has 1 aliphatic heterocycles. The van der Waals surface area contributed by atoms with Crippen molar-refractivity contribution in [3.63, 3.8) is 0 Å². The van der Waals surface area contributed by atoms with E-state index in [2.05, 4.69) is 17.3 Å². The number of nitrogens with one attached hydrogen (secondary N) is 1. The van der Waals surface area contributed by atoms with Gasteiger partial charge >= 0.3 is 0 Å². The Balaban J connectivity index is 1.94. The highest BCUT2D eigenvalue weighted by Gasteiger charge is 2.15. The van der Waals surface area contributed by atoms with Crippen LogP contribution in [0.3, 0.4) is 0 Å². The molecule has 0 aliphatic carbocycles. The molecule has 102 valence electrons. The Bertz CT molecular complexity index is 296. The summed E-state index contributed by atoms with van der Waals surface area (Å²) in [5, 5.41) is 3.34. The molecule has 17 heavy (non-hydrogen) atoms. The Morgan fingerprint density at radius 3 is 2.47 bits per heavy atom. The van der Waals surface area contributed by atoms with Gasteiger partial charge in [-0.05, 0) is 64.8 Å². The van der Waals surface area contributed by atoms with E-state index in [0.717, 1.165) is 25.4 Å². The van der Waals surface area contributed by atoms with Gasteiger partial charge in [-0.15, -0.1) is 0 Å². The standard InChI is InChI=1S/C12H26N2O2S/c1-14-9-5-12(6-10-14)4-8-13-7-3-11-17(2,15)16/h12-13H,3-11H2,1-2H3. The van der Waals surface area contributed by atoms with Crippen molar-refractivity contribution in [2.24, 2.45) is 5.92 Å². The Morgan fingerprint density at radius 1 is 1.24 bits per heavy atom. The smallest absolute Gasteiger partial charge is 0.147 e. The van der Waals surface area contributed by atoms with Crippen molar-refractivity contribution in [3.05, 3.63) is 0 Å². The van der Waals surface area contributed by atoms with Gasteiger partial charge in [0, 0.05) is 6.26 Å². The molecule has 0 aromatic rings. The summed E-state index contributed by atoms with van der Waals surface area (Å²) in [6.07, 6.45) is 5.87. The van der Waals surface area contributed by atoms with Crippen LogP contribution in [0, 0.1) is 5.92 Å². The quantitative estimate of drug-likeness (QED) is 0.688. The third-order valence-electron chi connectivity index (χ3n) is 3.44. The van der Waals surface area contributed by atoms with Crippen LogP contribution in [-0.4, -0.2) is 58.6 Å². The Hall–Kier alpha value is -0.130. The number of likely N-dealkylation sites (tertiary alicyclic amines) is 1. The molecule has 5 heteroatoms. The Labute approximate surface area is 106 Å². The third-order valence-corrected chi connectivity index (χ3v) is 4.47. The van der Waals surface area contributed by atoms with Crippen LogP contribution in [0.2, 0.25) is 0 Å². The molecule has 1 aliphatic rings. The van der Waals surface area contributed by atoms with E-state index in [1.807, 2.05) is 0 Å². The molecule has 0 aromatic heterocycles. The molecule has 1 fully saturated rings. The van der Waals surface area contributed by atoms with E-state index in [9.17, 15) is 8.42 Å². The lowest BCUT2D eigenvalue weighted by molar-refractivity contribution is 0.212. The van der Waals surface area contributed by atoms with Gasteiger partial charge < -0.3 is 10.2 Å². The van der Waals surface area contributed by atoms with Crippen LogP contribution in [0.15, 0.2) is 0 Å². The lowest BCUT2D eigenvalue weighted by Crippen LogP contribution is -2.31. The van der Waals surface area contributed by atoms with Gasteiger partial charge in [-0.2, -0.15) is 0 Å². The molecular weight excluding hydrogens is 236 g/mol. The Morgan fingerprint density at radius 2 is 1.88 bits per heavy atom. The zero-order valence-corrected chi connectivity index (χ0v) is 11.9. The van der Waals surface area contributed by atoms with Crippen LogP contribution in [-0.2, 0) is 9.84 Å². The predicted octanol–water partition coefficient (Wildman–Crippen LogP) is 0.743. The van der Waals surface area contributed by atoms with E-state index in [-0.39, 0.29) is 0 Å². The minimum atomic E-state index is -2.78. The summed E-state index contributed by atoms with van der Waals surface area (Å²) in [4.78, 5) is 2.38. The molecule has 4 nitrogen and oxygen atoms in total. The third kappa shape index (κ3) is 7.73. The number of rotatable bonds is 7. The van der Waals surface area contributed by atoms with Gasteiger partial charge in [-0.25, -0.2) is 8.42 Å². The summed E-state index contributed by atoms with van der Waals surface area (Å²) >= 11 is 0. The number of piperidine rings is 1. The van der Waals surface area contributed by atoms with Crippen molar-refractivity contribution in [1.29, 1.82) is 0 Å². The molecule has 1 heterocycles. The number of hydrogen-bond donors (Lipinski definition) is 1. The van der Waals surface area contributed by atoms with Gasteiger partial charge in [-0.1, -0.05) is 0 Å². The molecule has 0 aromatic carbocycles. The molecule has 0 spiro atoms. The van der Waals surface area contributed by atoms with Gasteiger partial charge in [0.2, 0.25) is 0 Å². The number of nitrogens with zero attached hydrogens (tertiary/aromatic N) is 1. The lowest BCUT2D eigenvalue weighted by Gasteiger charge is -2.28.